The maximum absolute atomic E-state index is 12.9. The molecule has 3 amide bonds. The Bertz CT molecular complexity index is 699. The minimum absolute atomic E-state index is 0.0424. The SMILES string of the molecule is C[C@@H]1C[C@@H](C)CN(CC(=O)N2CCNC(=O)[C@@H]2CC(=O)Nc2ccccc2)C1. The van der Waals surface area contributed by atoms with Crippen LogP contribution in [-0.2, 0) is 14.4 Å². The number of nitrogens with one attached hydrogen (secondary N) is 2. The van der Waals surface area contributed by atoms with Crippen molar-refractivity contribution in [3.05, 3.63) is 30.3 Å². The van der Waals surface area contributed by atoms with Gasteiger partial charge in [0.15, 0.2) is 0 Å². The van der Waals surface area contributed by atoms with Gasteiger partial charge in [0.1, 0.15) is 6.04 Å². The average Bonchev–Trinajstić information content (AvgIpc) is 2.63. The molecule has 0 unspecified atom stereocenters. The van der Waals surface area contributed by atoms with Crippen molar-refractivity contribution in [1.29, 1.82) is 0 Å². The number of para-hydroxylation sites is 1. The van der Waals surface area contributed by atoms with E-state index in [1.54, 1.807) is 17.0 Å². The van der Waals surface area contributed by atoms with E-state index in [1.807, 2.05) is 18.2 Å². The number of amides is 3. The lowest BCUT2D eigenvalue weighted by Crippen LogP contribution is -2.60. The molecule has 0 aliphatic carbocycles. The summed E-state index contributed by atoms with van der Waals surface area (Å²) in [6.07, 6.45) is 1.14. The summed E-state index contributed by atoms with van der Waals surface area (Å²) >= 11 is 0. The van der Waals surface area contributed by atoms with Gasteiger partial charge in [0.2, 0.25) is 17.7 Å². The number of piperidine rings is 1. The second kappa shape index (κ2) is 9.19. The quantitative estimate of drug-likeness (QED) is 0.800. The number of rotatable bonds is 5. The Morgan fingerprint density at radius 2 is 1.82 bits per heavy atom. The number of likely N-dealkylation sites (tertiary alicyclic amines) is 1. The van der Waals surface area contributed by atoms with Crippen molar-refractivity contribution in [2.45, 2.75) is 32.7 Å². The van der Waals surface area contributed by atoms with Crippen molar-refractivity contribution in [3.8, 4) is 0 Å². The number of benzene rings is 1. The van der Waals surface area contributed by atoms with Crippen LogP contribution in [0, 0.1) is 11.8 Å². The molecule has 28 heavy (non-hydrogen) atoms. The van der Waals surface area contributed by atoms with Gasteiger partial charge in [-0.1, -0.05) is 32.0 Å². The van der Waals surface area contributed by atoms with Gasteiger partial charge in [0.05, 0.1) is 13.0 Å². The fraction of sp³-hybridized carbons (Fsp3) is 0.571. The lowest BCUT2D eigenvalue weighted by Gasteiger charge is -2.38. The molecule has 0 saturated carbocycles. The number of piperazine rings is 1. The van der Waals surface area contributed by atoms with Crippen LogP contribution in [0.15, 0.2) is 30.3 Å². The third-order valence-corrected chi connectivity index (χ3v) is 5.39. The van der Waals surface area contributed by atoms with E-state index in [0.717, 1.165) is 13.1 Å². The van der Waals surface area contributed by atoms with Gasteiger partial charge >= 0.3 is 0 Å². The van der Waals surface area contributed by atoms with Crippen LogP contribution in [0.4, 0.5) is 5.69 Å². The van der Waals surface area contributed by atoms with E-state index in [-0.39, 0.29) is 24.1 Å². The molecule has 7 heteroatoms. The number of hydrogen-bond donors (Lipinski definition) is 2. The van der Waals surface area contributed by atoms with Gasteiger partial charge in [-0.15, -0.1) is 0 Å². The Kier molecular flexibility index (Phi) is 6.67. The Hall–Kier alpha value is -2.41. The minimum Gasteiger partial charge on any atom is -0.353 e. The number of nitrogens with zero attached hydrogens (tertiary/aromatic N) is 2. The zero-order valence-corrected chi connectivity index (χ0v) is 16.7. The predicted octanol–water partition coefficient (Wildman–Crippen LogP) is 1.32. The van der Waals surface area contributed by atoms with Crippen molar-refractivity contribution in [3.63, 3.8) is 0 Å². The molecule has 152 valence electrons. The highest BCUT2D eigenvalue weighted by atomic mass is 16.2. The molecule has 0 spiro atoms. The molecule has 0 aromatic heterocycles. The molecular weight excluding hydrogens is 356 g/mol. The predicted molar refractivity (Wildman–Crippen MR) is 108 cm³/mol. The van der Waals surface area contributed by atoms with Crippen LogP contribution in [0.25, 0.3) is 0 Å². The lowest BCUT2D eigenvalue weighted by atomic mass is 9.92. The molecule has 2 N–H and O–H groups in total. The first-order valence-corrected chi connectivity index (χ1v) is 10.1. The Labute approximate surface area is 166 Å². The third-order valence-electron chi connectivity index (χ3n) is 5.39. The first kappa shape index (κ1) is 20.3. The maximum Gasteiger partial charge on any atom is 0.243 e. The first-order chi connectivity index (χ1) is 13.4. The van der Waals surface area contributed by atoms with Crippen LogP contribution in [-0.4, -0.2) is 66.3 Å². The highest BCUT2D eigenvalue weighted by Crippen LogP contribution is 2.21. The first-order valence-electron chi connectivity index (χ1n) is 10.1. The molecule has 1 aromatic rings. The molecule has 0 bridgehead atoms. The van der Waals surface area contributed by atoms with Crippen LogP contribution in [0.2, 0.25) is 0 Å². The maximum atomic E-state index is 12.9. The molecule has 2 fully saturated rings. The summed E-state index contributed by atoms with van der Waals surface area (Å²) in [5, 5.41) is 5.57. The minimum atomic E-state index is -0.760. The number of anilines is 1. The fourth-order valence-electron chi connectivity index (χ4n) is 4.33. The third kappa shape index (κ3) is 5.32. The molecule has 1 aromatic carbocycles. The summed E-state index contributed by atoms with van der Waals surface area (Å²) in [6.45, 7) is 7.38. The van der Waals surface area contributed by atoms with Crippen LogP contribution in [0.3, 0.4) is 0 Å². The van der Waals surface area contributed by atoms with Gasteiger partial charge in [0.25, 0.3) is 0 Å². The van der Waals surface area contributed by atoms with Gasteiger partial charge in [-0.2, -0.15) is 0 Å². The lowest BCUT2D eigenvalue weighted by molar-refractivity contribution is -0.145. The Morgan fingerprint density at radius 3 is 2.50 bits per heavy atom. The van der Waals surface area contributed by atoms with E-state index in [4.69, 9.17) is 0 Å². The normalized spacial score (nSPS) is 25.9. The molecule has 3 atom stereocenters. The van der Waals surface area contributed by atoms with Crippen LogP contribution >= 0.6 is 0 Å². The number of hydrogen-bond acceptors (Lipinski definition) is 4. The van der Waals surface area contributed by atoms with Gasteiger partial charge in [-0.05, 0) is 30.4 Å². The summed E-state index contributed by atoms with van der Waals surface area (Å²) in [7, 11) is 0. The van der Waals surface area contributed by atoms with E-state index in [2.05, 4.69) is 29.4 Å². The number of carbonyl (C=O) groups excluding carboxylic acids is 3. The van der Waals surface area contributed by atoms with Gasteiger partial charge in [-0.25, -0.2) is 0 Å². The molecule has 2 aliphatic rings. The van der Waals surface area contributed by atoms with Crippen LogP contribution < -0.4 is 10.6 Å². The summed E-state index contributed by atoms with van der Waals surface area (Å²) < 4.78 is 0. The summed E-state index contributed by atoms with van der Waals surface area (Å²) in [6, 6.07) is 8.36. The molecule has 3 rings (SSSR count). The van der Waals surface area contributed by atoms with Crippen molar-refractivity contribution >= 4 is 23.4 Å². The van der Waals surface area contributed by atoms with E-state index in [9.17, 15) is 14.4 Å². The second-order valence-electron chi connectivity index (χ2n) is 8.15. The van der Waals surface area contributed by atoms with Crippen molar-refractivity contribution in [2.24, 2.45) is 11.8 Å². The molecule has 7 nitrogen and oxygen atoms in total. The topological polar surface area (TPSA) is 81.8 Å². The highest BCUT2D eigenvalue weighted by Gasteiger charge is 2.35. The monoisotopic (exact) mass is 386 g/mol. The Morgan fingerprint density at radius 1 is 1.14 bits per heavy atom. The van der Waals surface area contributed by atoms with Gasteiger partial charge < -0.3 is 15.5 Å². The molecule has 0 radical (unpaired) electrons. The van der Waals surface area contributed by atoms with Gasteiger partial charge in [-0.3, -0.25) is 19.3 Å². The van der Waals surface area contributed by atoms with E-state index >= 15 is 0 Å². The summed E-state index contributed by atoms with van der Waals surface area (Å²) in [5.41, 5.74) is 0.679. The summed E-state index contributed by atoms with van der Waals surface area (Å²) in [5.74, 6) is 0.519. The fourth-order valence-corrected chi connectivity index (χ4v) is 4.33. The zero-order chi connectivity index (χ0) is 20.1. The van der Waals surface area contributed by atoms with E-state index in [0.29, 0.717) is 37.2 Å². The molecule has 2 aliphatic heterocycles. The van der Waals surface area contributed by atoms with Crippen molar-refractivity contribution < 1.29 is 14.4 Å². The van der Waals surface area contributed by atoms with Crippen LogP contribution in [0.1, 0.15) is 26.7 Å². The highest BCUT2D eigenvalue weighted by molar-refractivity contribution is 5.97. The van der Waals surface area contributed by atoms with Crippen LogP contribution in [0.5, 0.6) is 0 Å². The second-order valence-corrected chi connectivity index (χ2v) is 8.15. The molecule has 2 heterocycles. The average molecular weight is 386 g/mol. The van der Waals surface area contributed by atoms with E-state index < -0.39 is 6.04 Å². The van der Waals surface area contributed by atoms with Crippen molar-refractivity contribution in [1.82, 2.24) is 15.1 Å². The summed E-state index contributed by atoms with van der Waals surface area (Å²) in [4.78, 5) is 41.5. The molecule has 2 saturated heterocycles. The molecular formula is C21H30N4O3. The Balaban J connectivity index is 1.62. The largest absolute Gasteiger partial charge is 0.353 e. The van der Waals surface area contributed by atoms with Gasteiger partial charge in [0, 0.05) is 31.9 Å². The standard InChI is InChI=1S/C21H30N4O3/c1-15-10-16(2)13-24(12-15)14-20(27)25-9-8-22-21(28)18(25)11-19(26)23-17-6-4-3-5-7-17/h3-7,15-16,18H,8-14H2,1-2H3,(H,22,28)(H,23,26)/t15-,16-,18+/m1/s1. The smallest absolute Gasteiger partial charge is 0.243 e. The van der Waals surface area contributed by atoms with E-state index in [1.165, 1.54) is 6.42 Å². The van der Waals surface area contributed by atoms with Crippen molar-refractivity contribution in [2.75, 3.05) is 38.0 Å². The number of carbonyl (C=O) groups is 3. The zero-order valence-electron chi connectivity index (χ0n) is 16.7.